The zero-order valence-corrected chi connectivity index (χ0v) is 36.9. The SMILES string of the molecule is CC1CC([C@H]2CC[C@@](O)(C=O)C[C@@H](C)CN(C)C(C)C(O)C(O)COC(=O)C2C)O[C@@H](C)C1CNCCNC(=O)CCc1nc2c(o1)-c1cc(Cl)ccc1Oc1ccccc1-2. The number of aldehydes is 1. The number of fused-ring (bicyclic) bond motifs is 5. The number of aliphatic hydroxyl groups excluding tert-OH is 2. The van der Waals surface area contributed by atoms with Crippen LogP contribution in [0.3, 0.4) is 0 Å². The van der Waals surface area contributed by atoms with Crippen molar-refractivity contribution in [2.24, 2.45) is 29.6 Å². The van der Waals surface area contributed by atoms with Gasteiger partial charge in [0.1, 0.15) is 35.5 Å². The molecule has 3 aromatic rings. The fourth-order valence-corrected chi connectivity index (χ4v) is 9.46. The minimum absolute atomic E-state index is 0.0945. The Hall–Kier alpha value is -3.89. The van der Waals surface area contributed by atoms with Gasteiger partial charge in [0.25, 0.3) is 0 Å². The summed E-state index contributed by atoms with van der Waals surface area (Å²) in [5.74, 6) is 0.827. The van der Waals surface area contributed by atoms with Crippen molar-refractivity contribution in [2.45, 2.75) is 109 Å². The summed E-state index contributed by atoms with van der Waals surface area (Å²) in [5, 5.41) is 40.0. The van der Waals surface area contributed by atoms with Crippen LogP contribution < -0.4 is 15.4 Å². The highest BCUT2D eigenvalue weighted by molar-refractivity contribution is 6.31. The lowest BCUT2D eigenvalue weighted by atomic mass is 9.74. The zero-order valence-electron chi connectivity index (χ0n) is 36.1. The van der Waals surface area contributed by atoms with Crippen LogP contribution in [0.5, 0.6) is 11.5 Å². The second-order valence-electron chi connectivity index (χ2n) is 17.7. The number of para-hydroxylation sites is 1. The normalized spacial score (nSPS) is 31.5. The number of rotatable bonds is 10. The summed E-state index contributed by atoms with van der Waals surface area (Å²) in [6.45, 7) is 11.4. The monoisotopic (exact) mass is 866 g/mol. The molecule has 61 heavy (non-hydrogen) atoms. The van der Waals surface area contributed by atoms with Crippen LogP contribution in [0.1, 0.15) is 72.6 Å². The van der Waals surface area contributed by atoms with Gasteiger partial charge in [0.05, 0.1) is 29.8 Å². The summed E-state index contributed by atoms with van der Waals surface area (Å²) in [5.41, 5.74) is 0.531. The molecule has 0 saturated carbocycles. The van der Waals surface area contributed by atoms with Crippen molar-refractivity contribution in [1.82, 2.24) is 20.5 Å². The van der Waals surface area contributed by atoms with Crippen molar-refractivity contribution in [2.75, 3.05) is 39.8 Å². The van der Waals surface area contributed by atoms with Gasteiger partial charge in [0, 0.05) is 55.6 Å². The van der Waals surface area contributed by atoms with Gasteiger partial charge in [-0.2, -0.15) is 0 Å². The standard InChI is InChI=1S/C46H63ClN4O10/c1-26-21-46(57,25-52)16-15-32(28(3)45(56)58-24-36(53)43(55)29(4)51(6)23-26)39-19-27(2)35(30(5)59-39)22-48-17-18-49-40(54)13-14-41-50-42-33-9-7-8-10-37(33)60-38-12-11-31(47)20-34(38)44(42)61-41/h7-12,20,25-30,32,35-36,39,43,48,53,55,57H,13-19,21-24H2,1-6H3,(H,49,54)/t26-,27?,28?,29?,30+,32+,35?,36?,39?,43?,46+/m1/s1. The van der Waals surface area contributed by atoms with Crippen molar-refractivity contribution < 1.29 is 48.3 Å². The number of carbonyl (C=O) groups is 3. The number of aromatic nitrogens is 1. The van der Waals surface area contributed by atoms with Crippen LogP contribution in [-0.4, -0.2) is 119 Å². The highest BCUT2D eigenvalue weighted by Crippen LogP contribution is 2.47. The van der Waals surface area contributed by atoms with E-state index in [1.165, 1.54) is 0 Å². The van der Waals surface area contributed by atoms with Crippen LogP contribution >= 0.6 is 11.6 Å². The van der Waals surface area contributed by atoms with Gasteiger partial charge in [0.15, 0.2) is 17.9 Å². The molecule has 2 saturated heterocycles. The Labute approximate surface area is 363 Å². The molecule has 15 heteroatoms. The molecule has 6 rings (SSSR count). The van der Waals surface area contributed by atoms with Crippen molar-refractivity contribution in [1.29, 1.82) is 0 Å². The van der Waals surface area contributed by atoms with E-state index in [9.17, 15) is 29.7 Å². The number of aliphatic hydroxyl groups is 3. The first kappa shape index (κ1) is 46.6. The fourth-order valence-electron chi connectivity index (χ4n) is 9.29. The summed E-state index contributed by atoms with van der Waals surface area (Å²) in [4.78, 5) is 45.3. The lowest BCUT2D eigenvalue weighted by Gasteiger charge is -2.44. The molecule has 1 amide bonds. The molecule has 4 heterocycles. The predicted molar refractivity (Wildman–Crippen MR) is 230 cm³/mol. The molecule has 2 aromatic carbocycles. The molecule has 2 fully saturated rings. The second-order valence-corrected chi connectivity index (χ2v) is 18.2. The third-order valence-electron chi connectivity index (χ3n) is 13.0. The predicted octanol–water partition coefficient (Wildman–Crippen LogP) is 5.42. The van der Waals surface area contributed by atoms with Crippen LogP contribution in [0.25, 0.3) is 22.6 Å². The highest BCUT2D eigenvalue weighted by atomic mass is 35.5. The number of likely N-dealkylation sites (N-methyl/N-ethyl adjacent to an activating group) is 1. The largest absolute Gasteiger partial charge is 0.463 e. The molecule has 3 aliphatic rings. The summed E-state index contributed by atoms with van der Waals surface area (Å²) < 4.78 is 24.6. The molecule has 0 radical (unpaired) electrons. The van der Waals surface area contributed by atoms with E-state index in [0.29, 0.717) is 91.2 Å². The third-order valence-corrected chi connectivity index (χ3v) is 13.3. The first-order valence-electron chi connectivity index (χ1n) is 21.7. The molecule has 11 atom stereocenters. The number of nitrogens with zero attached hydrogens (tertiary/aromatic N) is 2. The average Bonchev–Trinajstić information content (AvgIpc) is 3.61. The lowest BCUT2D eigenvalue weighted by molar-refractivity contribution is -0.166. The number of oxazole rings is 1. The number of nitrogens with one attached hydrogen (secondary N) is 2. The maximum absolute atomic E-state index is 13.5. The van der Waals surface area contributed by atoms with Gasteiger partial charge in [-0.1, -0.05) is 44.5 Å². The Morgan fingerprint density at radius 2 is 1.82 bits per heavy atom. The van der Waals surface area contributed by atoms with Gasteiger partial charge in [-0.15, -0.1) is 0 Å². The summed E-state index contributed by atoms with van der Waals surface area (Å²) in [6, 6.07) is 12.5. The Bertz CT molecular complexity index is 1970. The molecule has 14 nitrogen and oxygen atoms in total. The number of halogens is 1. The van der Waals surface area contributed by atoms with Gasteiger partial charge >= 0.3 is 5.97 Å². The Morgan fingerprint density at radius 1 is 1.07 bits per heavy atom. The minimum Gasteiger partial charge on any atom is -0.463 e. The molecule has 0 spiro atoms. The molecular weight excluding hydrogens is 804 g/mol. The second kappa shape index (κ2) is 20.5. The lowest BCUT2D eigenvalue weighted by Crippen LogP contribution is -2.49. The number of carbonyl (C=O) groups excluding carboxylic acids is 3. The average molecular weight is 867 g/mol. The van der Waals surface area contributed by atoms with Crippen molar-refractivity contribution in [3.05, 3.63) is 53.4 Å². The molecule has 1 aromatic heterocycles. The molecule has 0 aliphatic carbocycles. The topological polar surface area (TPSA) is 193 Å². The van der Waals surface area contributed by atoms with E-state index in [1.807, 2.05) is 50.1 Å². The van der Waals surface area contributed by atoms with Crippen LogP contribution in [0.2, 0.25) is 5.02 Å². The van der Waals surface area contributed by atoms with Crippen molar-refractivity contribution in [3.8, 4) is 34.1 Å². The van der Waals surface area contributed by atoms with E-state index in [4.69, 9.17) is 35.2 Å². The summed E-state index contributed by atoms with van der Waals surface area (Å²) in [7, 11) is 1.81. The highest BCUT2D eigenvalue weighted by Gasteiger charge is 2.43. The van der Waals surface area contributed by atoms with E-state index < -0.39 is 35.7 Å². The van der Waals surface area contributed by atoms with Crippen LogP contribution in [-0.2, 0) is 30.3 Å². The number of esters is 1. The van der Waals surface area contributed by atoms with E-state index in [1.54, 1.807) is 32.0 Å². The van der Waals surface area contributed by atoms with Gasteiger partial charge in [-0.3, -0.25) is 9.59 Å². The maximum Gasteiger partial charge on any atom is 0.309 e. The minimum atomic E-state index is -1.60. The number of cyclic esters (lactones) is 1. The van der Waals surface area contributed by atoms with Crippen LogP contribution in [0.15, 0.2) is 46.9 Å². The van der Waals surface area contributed by atoms with Crippen LogP contribution in [0.4, 0.5) is 0 Å². The Kier molecular flexibility index (Phi) is 15.7. The first-order chi connectivity index (χ1) is 29.1. The quantitative estimate of drug-likeness (QED) is 0.0772. The van der Waals surface area contributed by atoms with E-state index in [0.717, 1.165) is 5.56 Å². The molecule has 7 unspecified atom stereocenters. The zero-order chi connectivity index (χ0) is 44.0. The fraction of sp³-hybridized carbons (Fsp3) is 0.609. The number of benzene rings is 2. The van der Waals surface area contributed by atoms with E-state index >= 15 is 0 Å². The number of hydrogen-bond acceptors (Lipinski definition) is 13. The smallest absolute Gasteiger partial charge is 0.309 e. The molecular formula is C46H63ClN4O10. The van der Waals surface area contributed by atoms with Gasteiger partial charge < -0.3 is 54.3 Å². The number of hydrogen-bond donors (Lipinski definition) is 5. The molecule has 3 aliphatic heterocycles. The van der Waals surface area contributed by atoms with Gasteiger partial charge in [-0.25, -0.2) is 4.98 Å². The third kappa shape index (κ3) is 11.4. The van der Waals surface area contributed by atoms with Crippen LogP contribution in [0, 0.1) is 29.6 Å². The van der Waals surface area contributed by atoms with Crippen molar-refractivity contribution in [3.63, 3.8) is 0 Å². The number of amides is 1. The number of ether oxygens (including phenoxy) is 3. The first-order valence-corrected chi connectivity index (χ1v) is 22.1. The molecule has 334 valence electrons. The number of aryl methyl sites for hydroxylation is 1. The van der Waals surface area contributed by atoms with Gasteiger partial charge in [0.2, 0.25) is 5.91 Å². The molecule has 5 N–H and O–H groups in total. The summed E-state index contributed by atoms with van der Waals surface area (Å²) >= 11 is 6.33. The van der Waals surface area contributed by atoms with Crippen molar-refractivity contribution >= 4 is 29.8 Å². The molecule has 0 bridgehead atoms. The van der Waals surface area contributed by atoms with E-state index in [-0.39, 0.29) is 67.7 Å². The Morgan fingerprint density at radius 3 is 2.57 bits per heavy atom. The van der Waals surface area contributed by atoms with Gasteiger partial charge in [-0.05, 0) is 101 Å². The Balaban J connectivity index is 1.00. The summed E-state index contributed by atoms with van der Waals surface area (Å²) in [6.07, 6.45) is -0.487. The maximum atomic E-state index is 13.5. The van der Waals surface area contributed by atoms with E-state index in [2.05, 4.69) is 17.6 Å².